The van der Waals surface area contributed by atoms with E-state index in [4.69, 9.17) is 5.73 Å². The van der Waals surface area contributed by atoms with Crippen molar-refractivity contribution in [3.8, 4) is 0 Å². The van der Waals surface area contributed by atoms with Gasteiger partial charge in [0.2, 0.25) is 0 Å². The van der Waals surface area contributed by atoms with Crippen LogP contribution in [0.15, 0.2) is 24.3 Å². The number of hydrogen-bond donors (Lipinski definition) is 1. The Hall–Kier alpha value is -0.900. The molecule has 0 bridgehead atoms. The molecule has 0 amide bonds. The number of rotatable bonds is 3. The fourth-order valence-corrected chi connectivity index (χ4v) is 3.60. The molecule has 3 nitrogen and oxygen atoms in total. The summed E-state index contributed by atoms with van der Waals surface area (Å²) in [6.45, 7) is 7.82. The van der Waals surface area contributed by atoms with Gasteiger partial charge in [0, 0.05) is 38.3 Å². The average Bonchev–Trinajstić information content (AvgIpc) is 2.87. The van der Waals surface area contributed by atoms with Crippen molar-refractivity contribution in [2.24, 2.45) is 5.73 Å². The monoisotopic (exact) mass is 259 g/mol. The van der Waals surface area contributed by atoms with Crippen molar-refractivity contribution in [2.75, 3.05) is 19.6 Å². The number of fused-ring (bicyclic) bond motifs is 1. The van der Waals surface area contributed by atoms with Crippen molar-refractivity contribution in [2.45, 2.75) is 44.9 Å². The van der Waals surface area contributed by atoms with Gasteiger partial charge >= 0.3 is 0 Å². The SMILES string of the molecule is CC1CN2CCCC2CN1Cc1ccccc1CN. The highest BCUT2D eigenvalue weighted by molar-refractivity contribution is 5.27. The van der Waals surface area contributed by atoms with Gasteiger partial charge < -0.3 is 5.73 Å². The first-order valence-corrected chi connectivity index (χ1v) is 7.53. The molecule has 0 saturated carbocycles. The molecule has 2 saturated heterocycles. The summed E-state index contributed by atoms with van der Waals surface area (Å²) >= 11 is 0. The number of piperazine rings is 1. The molecule has 2 heterocycles. The summed E-state index contributed by atoms with van der Waals surface area (Å²) in [6.07, 6.45) is 2.76. The van der Waals surface area contributed by atoms with E-state index in [1.54, 1.807) is 0 Å². The predicted molar refractivity (Wildman–Crippen MR) is 78.8 cm³/mol. The number of benzene rings is 1. The van der Waals surface area contributed by atoms with Crippen LogP contribution < -0.4 is 5.73 Å². The van der Waals surface area contributed by atoms with E-state index in [2.05, 4.69) is 41.0 Å². The summed E-state index contributed by atoms with van der Waals surface area (Å²) in [5.74, 6) is 0. The van der Waals surface area contributed by atoms with Gasteiger partial charge in [0.15, 0.2) is 0 Å². The van der Waals surface area contributed by atoms with Gasteiger partial charge in [0.05, 0.1) is 0 Å². The second-order valence-electron chi connectivity index (χ2n) is 6.04. The van der Waals surface area contributed by atoms with E-state index in [0.717, 1.165) is 12.6 Å². The molecule has 2 fully saturated rings. The van der Waals surface area contributed by atoms with Crippen molar-refractivity contribution >= 4 is 0 Å². The molecule has 2 unspecified atom stereocenters. The summed E-state index contributed by atoms with van der Waals surface area (Å²) in [7, 11) is 0. The highest BCUT2D eigenvalue weighted by atomic mass is 15.3. The molecule has 1 aromatic rings. The standard InChI is InChI=1S/C16H25N3/c1-13-10-18-8-4-7-16(18)12-19(13)11-15-6-3-2-5-14(15)9-17/h2-3,5-6,13,16H,4,7-12,17H2,1H3. The van der Waals surface area contributed by atoms with Crippen LogP contribution in [0, 0.1) is 0 Å². The van der Waals surface area contributed by atoms with Crippen LogP contribution in [0.25, 0.3) is 0 Å². The van der Waals surface area contributed by atoms with Crippen LogP contribution in [-0.4, -0.2) is 41.5 Å². The van der Waals surface area contributed by atoms with Crippen molar-refractivity contribution in [1.29, 1.82) is 0 Å². The first-order valence-electron chi connectivity index (χ1n) is 7.53. The van der Waals surface area contributed by atoms with Gasteiger partial charge in [0.1, 0.15) is 0 Å². The normalized spacial score (nSPS) is 28.5. The average molecular weight is 259 g/mol. The lowest BCUT2D eigenvalue weighted by Gasteiger charge is -2.42. The molecule has 0 aromatic heterocycles. The highest BCUT2D eigenvalue weighted by Crippen LogP contribution is 2.26. The van der Waals surface area contributed by atoms with Gasteiger partial charge in [-0.2, -0.15) is 0 Å². The third kappa shape index (κ3) is 2.69. The van der Waals surface area contributed by atoms with Gasteiger partial charge in [-0.05, 0) is 37.4 Å². The summed E-state index contributed by atoms with van der Waals surface area (Å²) < 4.78 is 0. The van der Waals surface area contributed by atoms with Gasteiger partial charge in [-0.25, -0.2) is 0 Å². The minimum Gasteiger partial charge on any atom is -0.326 e. The lowest BCUT2D eigenvalue weighted by molar-refractivity contribution is 0.0538. The quantitative estimate of drug-likeness (QED) is 0.898. The maximum atomic E-state index is 5.85. The predicted octanol–water partition coefficient (Wildman–Crippen LogP) is 1.81. The number of nitrogens with two attached hydrogens (primary N) is 1. The Labute approximate surface area is 116 Å². The van der Waals surface area contributed by atoms with Crippen molar-refractivity contribution in [3.05, 3.63) is 35.4 Å². The number of nitrogens with zero attached hydrogens (tertiary/aromatic N) is 2. The van der Waals surface area contributed by atoms with Gasteiger partial charge in [-0.1, -0.05) is 24.3 Å². The van der Waals surface area contributed by atoms with Crippen molar-refractivity contribution in [1.82, 2.24) is 9.80 Å². The molecule has 2 aliphatic rings. The fraction of sp³-hybridized carbons (Fsp3) is 0.625. The van der Waals surface area contributed by atoms with Crippen molar-refractivity contribution in [3.63, 3.8) is 0 Å². The molecule has 104 valence electrons. The van der Waals surface area contributed by atoms with E-state index in [-0.39, 0.29) is 0 Å². The smallest absolute Gasteiger partial charge is 0.0240 e. The third-order valence-electron chi connectivity index (χ3n) is 4.78. The minimum atomic E-state index is 0.647. The molecule has 0 aliphatic carbocycles. The molecule has 2 atom stereocenters. The van der Waals surface area contributed by atoms with E-state index < -0.39 is 0 Å². The van der Waals surface area contributed by atoms with Crippen LogP contribution in [-0.2, 0) is 13.1 Å². The molecule has 2 N–H and O–H groups in total. The number of hydrogen-bond acceptors (Lipinski definition) is 3. The summed E-state index contributed by atoms with van der Waals surface area (Å²) in [5.41, 5.74) is 8.55. The minimum absolute atomic E-state index is 0.647. The zero-order valence-electron chi connectivity index (χ0n) is 11.9. The zero-order valence-corrected chi connectivity index (χ0v) is 11.9. The Bertz CT molecular complexity index is 432. The maximum absolute atomic E-state index is 5.85. The zero-order chi connectivity index (χ0) is 13.2. The Morgan fingerprint density at radius 3 is 2.79 bits per heavy atom. The molecule has 3 heteroatoms. The van der Waals surface area contributed by atoms with E-state index in [0.29, 0.717) is 12.6 Å². The van der Waals surface area contributed by atoms with E-state index >= 15 is 0 Å². The van der Waals surface area contributed by atoms with Crippen LogP contribution in [0.1, 0.15) is 30.9 Å². The molecular weight excluding hydrogens is 234 g/mol. The van der Waals surface area contributed by atoms with Crippen LogP contribution in [0.3, 0.4) is 0 Å². The van der Waals surface area contributed by atoms with Gasteiger partial charge in [0.25, 0.3) is 0 Å². The van der Waals surface area contributed by atoms with Crippen molar-refractivity contribution < 1.29 is 0 Å². The first kappa shape index (κ1) is 13.1. The largest absolute Gasteiger partial charge is 0.326 e. The molecule has 3 rings (SSSR count). The fourth-order valence-electron chi connectivity index (χ4n) is 3.60. The molecule has 1 aromatic carbocycles. The lowest BCUT2D eigenvalue weighted by Crippen LogP contribution is -2.54. The van der Waals surface area contributed by atoms with E-state index in [1.807, 2.05) is 0 Å². The summed E-state index contributed by atoms with van der Waals surface area (Å²) in [4.78, 5) is 5.32. The van der Waals surface area contributed by atoms with Gasteiger partial charge in [-0.3, -0.25) is 9.80 Å². The lowest BCUT2D eigenvalue weighted by atomic mass is 10.0. The highest BCUT2D eigenvalue weighted by Gasteiger charge is 2.34. The molecular formula is C16H25N3. The van der Waals surface area contributed by atoms with Crippen LogP contribution in [0.2, 0.25) is 0 Å². The summed E-state index contributed by atoms with van der Waals surface area (Å²) in [6, 6.07) is 10.1. The maximum Gasteiger partial charge on any atom is 0.0240 e. The topological polar surface area (TPSA) is 32.5 Å². The Morgan fingerprint density at radius 2 is 2.00 bits per heavy atom. The Kier molecular flexibility index (Phi) is 3.87. The van der Waals surface area contributed by atoms with Gasteiger partial charge in [-0.15, -0.1) is 0 Å². The van der Waals surface area contributed by atoms with Crippen LogP contribution in [0.4, 0.5) is 0 Å². The second kappa shape index (κ2) is 5.61. The summed E-state index contributed by atoms with van der Waals surface area (Å²) in [5, 5.41) is 0. The molecule has 0 spiro atoms. The van der Waals surface area contributed by atoms with E-state index in [1.165, 1.54) is 43.6 Å². The molecule has 2 aliphatic heterocycles. The van der Waals surface area contributed by atoms with E-state index in [9.17, 15) is 0 Å². The molecule has 19 heavy (non-hydrogen) atoms. The Morgan fingerprint density at radius 1 is 1.21 bits per heavy atom. The van der Waals surface area contributed by atoms with Crippen LogP contribution in [0.5, 0.6) is 0 Å². The third-order valence-corrected chi connectivity index (χ3v) is 4.78. The second-order valence-corrected chi connectivity index (χ2v) is 6.04. The first-order chi connectivity index (χ1) is 9.28. The van der Waals surface area contributed by atoms with Crippen LogP contribution >= 0.6 is 0 Å². The molecule has 0 radical (unpaired) electrons. The Balaban J connectivity index is 1.72.